The Hall–Kier alpha value is -4.27. The molecule has 2 aliphatic rings. The Morgan fingerprint density at radius 1 is 1.05 bits per heavy atom. The summed E-state index contributed by atoms with van der Waals surface area (Å²) in [6.07, 6.45) is 0. The highest BCUT2D eigenvalue weighted by molar-refractivity contribution is 9.10. The molecule has 1 saturated heterocycles. The lowest BCUT2D eigenvalue weighted by Gasteiger charge is -2.31. The number of carbonyl (C=O) groups is 3. The van der Waals surface area contributed by atoms with Crippen LogP contribution in [0.1, 0.15) is 16.4 Å². The van der Waals surface area contributed by atoms with Crippen molar-refractivity contribution in [3.63, 3.8) is 0 Å². The number of aromatic nitrogens is 1. The van der Waals surface area contributed by atoms with Crippen LogP contribution in [0, 0.1) is 16.0 Å². The number of benzene rings is 3. The number of nitrogens with one attached hydrogen (secondary N) is 2. The average Bonchev–Trinajstić information content (AvgIpc) is 3.47. The number of rotatable bonds is 7. The maximum atomic E-state index is 14.0. The number of thiazole rings is 1. The van der Waals surface area contributed by atoms with Crippen LogP contribution in [0.15, 0.2) is 87.1 Å². The molecule has 2 N–H and O–H groups in total. The van der Waals surface area contributed by atoms with Crippen LogP contribution in [0.2, 0.25) is 0 Å². The van der Waals surface area contributed by atoms with Crippen molar-refractivity contribution in [3.8, 4) is 5.75 Å². The second-order valence-electron chi connectivity index (χ2n) is 9.42. The summed E-state index contributed by atoms with van der Waals surface area (Å²) in [5.74, 6) is -2.74. The fraction of sp³-hybridized carbons (Fsp3) is 0.143. The van der Waals surface area contributed by atoms with Gasteiger partial charge < -0.3 is 15.0 Å². The average molecular weight is 668 g/mol. The smallest absolute Gasteiger partial charge is 0.305 e. The van der Waals surface area contributed by atoms with E-state index in [1.165, 1.54) is 24.3 Å². The van der Waals surface area contributed by atoms with Crippen molar-refractivity contribution in [1.29, 1.82) is 0 Å². The largest absolute Gasteiger partial charge is 0.483 e. The number of non-ortho nitro benzene ring substituents is 1. The van der Waals surface area contributed by atoms with Gasteiger partial charge in [-0.2, -0.15) is 0 Å². The summed E-state index contributed by atoms with van der Waals surface area (Å²) in [6.45, 7) is -0.322. The van der Waals surface area contributed by atoms with Crippen LogP contribution in [-0.4, -0.2) is 39.5 Å². The third-order valence-electron chi connectivity index (χ3n) is 6.87. The number of halogens is 1. The molecular formula is C28H19BrN4O7S2. The number of aromatic amines is 1. The maximum Gasteiger partial charge on any atom is 0.305 e. The van der Waals surface area contributed by atoms with E-state index < -0.39 is 39.7 Å². The van der Waals surface area contributed by atoms with Crippen LogP contribution in [0.25, 0.3) is 0 Å². The van der Waals surface area contributed by atoms with Gasteiger partial charge in [0.15, 0.2) is 6.61 Å². The zero-order valence-corrected chi connectivity index (χ0v) is 24.5. The summed E-state index contributed by atoms with van der Waals surface area (Å²) in [4.78, 5) is 67.4. The van der Waals surface area contributed by atoms with Crippen molar-refractivity contribution in [2.24, 2.45) is 5.92 Å². The van der Waals surface area contributed by atoms with Gasteiger partial charge in [0.1, 0.15) is 11.0 Å². The summed E-state index contributed by atoms with van der Waals surface area (Å²) in [7, 11) is 0. The minimum Gasteiger partial charge on any atom is -0.483 e. The molecule has 0 saturated carbocycles. The zero-order chi connectivity index (χ0) is 29.5. The first-order chi connectivity index (χ1) is 20.2. The number of hydrogen-bond acceptors (Lipinski definition) is 9. The van der Waals surface area contributed by atoms with E-state index in [9.17, 15) is 29.3 Å². The number of H-pyrrole nitrogens is 1. The minimum absolute atomic E-state index is 0.172. The summed E-state index contributed by atoms with van der Waals surface area (Å²) in [5, 5.41) is 13.5. The SMILES string of the molecule is O=C(COc1ccc(Br)cc1[C@H]1c2sc(=O)[nH]c2SC2C(=O)N(c3ccc([N+](=O)[O-])cc3)C(=O)C21)Nc1ccccc1. The van der Waals surface area contributed by atoms with E-state index in [1.807, 2.05) is 6.07 Å². The molecule has 0 aliphatic carbocycles. The van der Waals surface area contributed by atoms with Crippen LogP contribution in [0.3, 0.4) is 0 Å². The molecule has 0 spiro atoms. The number of fused-ring (bicyclic) bond motifs is 2. The minimum atomic E-state index is -0.911. The normalized spacial score (nSPS) is 19.3. The number of nitro groups is 1. The third kappa shape index (κ3) is 5.12. The van der Waals surface area contributed by atoms with Gasteiger partial charge in [-0.1, -0.05) is 57.2 Å². The molecule has 212 valence electrons. The van der Waals surface area contributed by atoms with Crippen molar-refractivity contribution in [1.82, 2.24) is 4.98 Å². The van der Waals surface area contributed by atoms with Crippen molar-refractivity contribution in [2.45, 2.75) is 16.2 Å². The van der Waals surface area contributed by atoms with E-state index in [0.29, 0.717) is 31.4 Å². The van der Waals surface area contributed by atoms with Crippen molar-refractivity contribution in [3.05, 3.63) is 107 Å². The highest BCUT2D eigenvalue weighted by Gasteiger charge is 2.57. The van der Waals surface area contributed by atoms with Crippen LogP contribution in [0.5, 0.6) is 5.75 Å². The highest BCUT2D eigenvalue weighted by atomic mass is 79.9. The molecule has 2 unspecified atom stereocenters. The van der Waals surface area contributed by atoms with Crippen LogP contribution < -0.4 is 19.8 Å². The van der Waals surface area contributed by atoms with E-state index in [1.54, 1.807) is 42.5 Å². The summed E-state index contributed by atoms with van der Waals surface area (Å²) in [6, 6.07) is 19.2. The number of amides is 3. The zero-order valence-electron chi connectivity index (χ0n) is 21.3. The van der Waals surface area contributed by atoms with E-state index in [4.69, 9.17) is 4.74 Å². The fourth-order valence-corrected chi connectivity index (χ4v) is 7.97. The number of anilines is 2. The van der Waals surface area contributed by atoms with E-state index >= 15 is 0 Å². The molecule has 3 atom stereocenters. The predicted octanol–water partition coefficient (Wildman–Crippen LogP) is 4.92. The molecule has 3 heterocycles. The van der Waals surface area contributed by atoms with Crippen LogP contribution in [-0.2, 0) is 14.4 Å². The first kappa shape index (κ1) is 27.9. The number of hydrogen-bond donors (Lipinski definition) is 2. The topological polar surface area (TPSA) is 152 Å². The van der Waals surface area contributed by atoms with E-state index in [0.717, 1.165) is 28.0 Å². The number of carbonyl (C=O) groups excluding carboxylic acids is 3. The molecule has 42 heavy (non-hydrogen) atoms. The Balaban J connectivity index is 1.37. The van der Waals surface area contributed by atoms with E-state index in [2.05, 4.69) is 26.2 Å². The van der Waals surface area contributed by atoms with Crippen LogP contribution >= 0.6 is 39.0 Å². The molecule has 6 rings (SSSR count). The first-order valence-corrected chi connectivity index (χ1v) is 15.0. The molecule has 0 bridgehead atoms. The monoisotopic (exact) mass is 666 g/mol. The number of thioether (sulfide) groups is 1. The van der Waals surface area contributed by atoms with Gasteiger partial charge in [-0.25, -0.2) is 4.90 Å². The molecule has 2 aliphatic heterocycles. The quantitative estimate of drug-likeness (QED) is 0.160. The molecule has 1 fully saturated rings. The Morgan fingerprint density at radius 2 is 1.79 bits per heavy atom. The molecular weight excluding hydrogens is 648 g/mol. The lowest BCUT2D eigenvalue weighted by molar-refractivity contribution is -0.384. The lowest BCUT2D eigenvalue weighted by Crippen LogP contribution is -2.32. The number of nitro benzene ring substituents is 1. The molecule has 0 radical (unpaired) electrons. The number of nitrogens with zero attached hydrogens (tertiary/aromatic N) is 2. The molecule has 1 aromatic heterocycles. The Morgan fingerprint density at radius 3 is 2.50 bits per heavy atom. The molecule has 14 heteroatoms. The van der Waals surface area contributed by atoms with Crippen molar-refractivity contribution >= 4 is 73.8 Å². The summed E-state index contributed by atoms with van der Waals surface area (Å²) >= 11 is 5.54. The standard InChI is InChI=1S/C28H19BrN4O7S2/c29-14-6-11-19(40-13-20(34)30-15-4-2-1-3-5-15)18(12-14)21-22-24(41-25-23(21)42-28(37)31-25)27(36)32(26(22)35)16-7-9-17(10-8-16)33(38)39/h1-12,21-22,24H,13H2,(H,30,34)(H,31,37)/t21-,22?,24?/m1/s1. The summed E-state index contributed by atoms with van der Waals surface area (Å²) in [5.41, 5.74) is 1.17. The second-order valence-corrected chi connectivity index (χ2v) is 12.5. The van der Waals surface area contributed by atoms with Crippen LogP contribution in [0.4, 0.5) is 17.1 Å². The predicted molar refractivity (Wildman–Crippen MR) is 160 cm³/mol. The molecule has 3 amide bonds. The number of imide groups is 1. The van der Waals surface area contributed by atoms with Gasteiger partial charge >= 0.3 is 4.87 Å². The third-order valence-corrected chi connectivity index (χ3v) is 9.76. The molecule has 4 aromatic rings. The van der Waals surface area contributed by atoms with Gasteiger partial charge in [-0.3, -0.25) is 29.3 Å². The number of para-hydroxylation sites is 1. The molecule has 3 aromatic carbocycles. The van der Waals surface area contributed by atoms with Gasteiger partial charge in [-0.05, 0) is 42.5 Å². The summed E-state index contributed by atoms with van der Waals surface area (Å²) < 4.78 is 6.63. The maximum absolute atomic E-state index is 14.0. The first-order valence-electron chi connectivity index (χ1n) is 12.5. The van der Waals surface area contributed by atoms with Gasteiger partial charge in [0.25, 0.3) is 11.6 Å². The van der Waals surface area contributed by atoms with Gasteiger partial charge in [0, 0.05) is 38.7 Å². The Labute approximate surface area is 254 Å². The van der Waals surface area contributed by atoms with Crippen molar-refractivity contribution in [2.75, 3.05) is 16.8 Å². The van der Waals surface area contributed by atoms with Gasteiger partial charge in [0.05, 0.1) is 21.6 Å². The second kappa shape index (κ2) is 11.2. The molecule has 11 nitrogen and oxygen atoms in total. The Kier molecular flexibility index (Phi) is 7.43. The van der Waals surface area contributed by atoms with Crippen molar-refractivity contribution < 1.29 is 24.0 Å². The van der Waals surface area contributed by atoms with Gasteiger partial charge in [-0.15, -0.1) is 0 Å². The highest BCUT2D eigenvalue weighted by Crippen LogP contribution is 2.54. The fourth-order valence-electron chi connectivity index (χ4n) is 5.09. The Bertz CT molecular complexity index is 1790. The number of ether oxygens (including phenoxy) is 1. The van der Waals surface area contributed by atoms with Gasteiger partial charge in [0.2, 0.25) is 11.8 Å². The van der Waals surface area contributed by atoms with E-state index in [-0.39, 0.29) is 22.9 Å². The lowest BCUT2D eigenvalue weighted by atomic mass is 9.82.